The van der Waals surface area contributed by atoms with Crippen LogP contribution in [0.25, 0.3) is 0 Å². The van der Waals surface area contributed by atoms with Crippen LogP contribution in [0.4, 0.5) is 0 Å². The molecule has 0 fully saturated rings. The number of phosphoric acid groups is 2. The van der Waals surface area contributed by atoms with Gasteiger partial charge < -0.3 is 33.8 Å². The number of aliphatic hydroxyl groups excluding tert-OH is 1. The van der Waals surface area contributed by atoms with Gasteiger partial charge in [0.2, 0.25) is 0 Å². The van der Waals surface area contributed by atoms with Crippen molar-refractivity contribution in [2.45, 2.75) is 369 Å². The molecule has 0 rings (SSSR count). The van der Waals surface area contributed by atoms with E-state index in [1.54, 1.807) is 0 Å². The summed E-state index contributed by atoms with van der Waals surface area (Å²) < 4.78 is 68.3. The monoisotopic (exact) mass is 1320 g/mol. The number of esters is 4. The number of hydrogen-bond donors (Lipinski definition) is 3. The fourth-order valence-corrected chi connectivity index (χ4v) is 12.2. The van der Waals surface area contributed by atoms with Gasteiger partial charge in [-0.05, 0) is 49.4 Å². The molecule has 0 saturated heterocycles. The lowest BCUT2D eigenvalue weighted by Gasteiger charge is -2.21. The van der Waals surface area contributed by atoms with E-state index in [1.807, 2.05) is 0 Å². The molecule has 0 aliphatic carbocycles. The molecule has 0 aromatic carbocycles. The Hall–Kier alpha value is -1.94. The van der Waals surface area contributed by atoms with Crippen LogP contribution in [0.2, 0.25) is 0 Å². The van der Waals surface area contributed by atoms with Gasteiger partial charge >= 0.3 is 39.5 Å². The first-order valence-corrected chi connectivity index (χ1v) is 39.7. The molecular weight excluding hydrogens is 1190 g/mol. The summed E-state index contributed by atoms with van der Waals surface area (Å²) in [6.45, 7) is 14.1. The maximum absolute atomic E-state index is 13.0. The van der Waals surface area contributed by atoms with Crippen LogP contribution in [0, 0.1) is 23.7 Å². The molecular formula is C71H138O17P2. The Morgan fingerprint density at radius 1 is 0.278 bits per heavy atom. The first-order chi connectivity index (χ1) is 43.1. The van der Waals surface area contributed by atoms with E-state index in [4.69, 9.17) is 37.0 Å². The van der Waals surface area contributed by atoms with E-state index in [2.05, 4.69) is 55.4 Å². The second-order valence-corrected chi connectivity index (χ2v) is 30.4. The Labute approximate surface area is 549 Å². The summed E-state index contributed by atoms with van der Waals surface area (Å²) in [5, 5.41) is 10.6. The number of unbranched alkanes of at least 4 members (excludes halogenated alkanes) is 34. The summed E-state index contributed by atoms with van der Waals surface area (Å²) in [5.41, 5.74) is 0. The molecule has 0 aliphatic rings. The minimum atomic E-state index is -4.95. The number of rotatable bonds is 68. The molecule has 3 unspecified atom stereocenters. The largest absolute Gasteiger partial charge is 0.472 e. The van der Waals surface area contributed by atoms with Crippen molar-refractivity contribution in [3.8, 4) is 0 Å². The first-order valence-electron chi connectivity index (χ1n) is 36.7. The van der Waals surface area contributed by atoms with E-state index in [0.717, 1.165) is 114 Å². The molecule has 0 spiro atoms. The zero-order chi connectivity index (χ0) is 66.8. The summed E-state index contributed by atoms with van der Waals surface area (Å²) in [6.07, 6.45) is 43.2. The van der Waals surface area contributed by atoms with Crippen molar-refractivity contribution >= 4 is 39.5 Å². The van der Waals surface area contributed by atoms with E-state index < -0.39 is 97.5 Å². The molecule has 0 heterocycles. The number of phosphoric ester groups is 2. The molecule has 0 aliphatic heterocycles. The third-order valence-electron chi connectivity index (χ3n) is 16.3. The van der Waals surface area contributed by atoms with Crippen molar-refractivity contribution in [2.24, 2.45) is 23.7 Å². The third kappa shape index (κ3) is 64.8. The quantitative estimate of drug-likeness (QED) is 0.0222. The van der Waals surface area contributed by atoms with Gasteiger partial charge in [0.05, 0.1) is 26.4 Å². The topological polar surface area (TPSA) is 237 Å². The first kappa shape index (κ1) is 88.1. The predicted octanol–water partition coefficient (Wildman–Crippen LogP) is 20.1. The Morgan fingerprint density at radius 3 is 0.689 bits per heavy atom. The standard InChI is InChI=1S/C71H138O17P2/c1-61(2)47-39-31-23-16-12-10-9-11-13-19-28-37-45-53-70(75)87-67(58-82-69(74)52-44-36-30-22-26-34-42-50-64(7)8)60-86-90(79,80)84-56-65(72)55-83-89(77,78)85-59-66(88-71(76)54-46-38-29-21-20-25-33-41-49-63(5)6)57-81-68(73)51-43-35-27-18-15-14-17-24-32-40-48-62(3)4/h61-67,72H,9-60H2,1-8H3,(H,77,78)(H,79,80)/t65?,66-,67-/m1/s1. The minimum Gasteiger partial charge on any atom is -0.462 e. The number of hydrogen-bond acceptors (Lipinski definition) is 15. The van der Waals surface area contributed by atoms with E-state index >= 15 is 0 Å². The number of ether oxygens (including phenoxy) is 4. The van der Waals surface area contributed by atoms with Gasteiger partial charge in [0.1, 0.15) is 19.3 Å². The summed E-state index contributed by atoms with van der Waals surface area (Å²) in [6, 6.07) is 0. The van der Waals surface area contributed by atoms with Gasteiger partial charge in [-0.2, -0.15) is 0 Å². The summed E-state index contributed by atoms with van der Waals surface area (Å²) in [7, 11) is -9.90. The van der Waals surface area contributed by atoms with Crippen LogP contribution in [0.5, 0.6) is 0 Å². The van der Waals surface area contributed by atoms with Gasteiger partial charge in [-0.15, -0.1) is 0 Å². The smallest absolute Gasteiger partial charge is 0.462 e. The minimum absolute atomic E-state index is 0.104. The van der Waals surface area contributed by atoms with Gasteiger partial charge in [0, 0.05) is 25.7 Å². The summed E-state index contributed by atoms with van der Waals surface area (Å²) >= 11 is 0. The van der Waals surface area contributed by atoms with Gasteiger partial charge in [-0.1, -0.05) is 299 Å². The predicted molar refractivity (Wildman–Crippen MR) is 363 cm³/mol. The molecule has 0 aromatic rings. The highest BCUT2D eigenvalue weighted by molar-refractivity contribution is 7.47. The number of carbonyl (C=O) groups is 4. The zero-order valence-corrected chi connectivity index (χ0v) is 60.6. The normalized spacial score (nSPS) is 14.3. The highest BCUT2D eigenvalue weighted by Crippen LogP contribution is 2.45. The molecule has 19 heteroatoms. The molecule has 90 heavy (non-hydrogen) atoms. The Bertz CT molecular complexity index is 1780. The molecule has 5 atom stereocenters. The van der Waals surface area contributed by atoms with Gasteiger partial charge in [-0.3, -0.25) is 37.3 Å². The van der Waals surface area contributed by atoms with Crippen molar-refractivity contribution in [1.29, 1.82) is 0 Å². The van der Waals surface area contributed by atoms with Crippen LogP contribution >= 0.6 is 15.6 Å². The molecule has 17 nitrogen and oxygen atoms in total. The average Bonchev–Trinajstić information content (AvgIpc) is 3.60. The SMILES string of the molecule is CC(C)CCCCCCCCCCCCCCCC(=O)O[C@H](COC(=O)CCCCCCCCCC(C)C)COP(=O)(O)OCC(O)COP(=O)(O)OC[C@@H](COC(=O)CCCCCCCCCCCCC(C)C)OC(=O)CCCCCCCCCCC(C)C. The van der Waals surface area contributed by atoms with Crippen LogP contribution in [-0.2, 0) is 65.4 Å². The molecule has 0 radical (unpaired) electrons. The van der Waals surface area contributed by atoms with Crippen LogP contribution in [0.15, 0.2) is 0 Å². The maximum Gasteiger partial charge on any atom is 0.472 e. The van der Waals surface area contributed by atoms with E-state index in [1.165, 1.54) is 148 Å². The van der Waals surface area contributed by atoms with Crippen molar-refractivity contribution in [3.63, 3.8) is 0 Å². The second-order valence-electron chi connectivity index (χ2n) is 27.5. The van der Waals surface area contributed by atoms with Crippen molar-refractivity contribution in [2.75, 3.05) is 39.6 Å². The fourth-order valence-electron chi connectivity index (χ4n) is 10.7. The van der Waals surface area contributed by atoms with Crippen LogP contribution in [0.1, 0.15) is 351 Å². The number of aliphatic hydroxyl groups is 1. The Morgan fingerprint density at radius 2 is 0.467 bits per heavy atom. The fraction of sp³-hybridized carbons (Fsp3) is 0.944. The molecule has 0 bridgehead atoms. The summed E-state index contributed by atoms with van der Waals surface area (Å²) in [5.74, 6) is 0.839. The van der Waals surface area contributed by atoms with Crippen molar-refractivity contribution in [1.82, 2.24) is 0 Å². The van der Waals surface area contributed by atoms with E-state index in [-0.39, 0.29) is 25.7 Å². The van der Waals surface area contributed by atoms with Gasteiger partial charge in [-0.25, -0.2) is 9.13 Å². The maximum atomic E-state index is 13.0. The van der Waals surface area contributed by atoms with Gasteiger partial charge in [0.25, 0.3) is 0 Å². The molecule has 0 saturated carbocycles. The Kier molecular flexibility index (Phi) is 59.4. The zero-order valence-electron chi connectivity index (χ0n) is 58.8. The summed E-state index contributed by atoms with van der Waals surface area (Å²) in [4.78, 5) is 72.6. The van der Waals surface area contributed by atoms with Crippen molar-refractivity contribution < 1.29 is 80.2 Å². The van der Waals surface area contributed by atoms with Crippen LogP contribution < -0.4 is 0 Å². The van der Waals surface area contributed by atoms with E-state index in [9.17, 15) is 43.2 Å². The van der Waals surface area contributed by atoms with Crippen LogP contribution in [0.3, 0.4) is 0 Å². The lowest BCUT2D eigenvalue weighted by atomic mass is 10.0. The molecule has 0 amide bonds. The highest BCUT2D eigenvalue weighted by atomic mass is 31.2. The highest BCUT2D eigenvalue weighted by Gasteiger charge is 2.30. The van der Waals surface area contributed by atoms with Crippen molar-refractivity contribution in [3.05, 3.63) is 0 Å². The molecule has 534 valence electrons. The Balaban J connectivity index is 5.24. The van der Waals surface area contributed by atoms with Gasteiger partial charge in [0.15, 0.2) is 12.2 Å². The number of carbonyl (C=O) groups excluding carboxylic acids is 4. The average molecular weight is 1330 g/mol. The lowest BCUT2D eigenvalue weighted by molar-refractivity contribution is -0.161. The second kappa shape index (κ2) is 60.7. The molecule has 0 aromatic heterocycles. The third-order valence-corrected chi connectivity index (χ3v) is 18.2. The van der Waals surface area contributed by atoms with E-state index in [0.29, 0.717) is 31.6 Å². The lowest BCUT2D eigenvalue weighted by Crippen LogP contribution is -2.30. The molecule has 3 N–H and O–H groups in total. The van der Waals surface area contributed by atoms with Crippen LogP contribution in [-0.4, -0.2) is 96.7 Å².